The number of aliphatic hydroxyl groups is 2. The molecule has 0 aliphatic heterocycles. The SMILES string of the molecule is CC(O)CNC[C@@]1(O)C2CC[C@H]1C[C@H](Sc1cc(C(=O)Nc3cc(F)c(F)c(F)c3)ccc1Cl)C2. The van der Waals surface area contributed by atoms with E-state index < -0.39 is 35.1 Å². The largest absolute Gasteiger partial charge is 0.392 e. The van der Waals surface area contributed by atoms with E-state index in [-0.39, 0.29) is 28.3 Å². The number of aliphatic hydroxyl groups excluding tert-OH is 1. The average molecular weight is 529 g/mol. The van der Waals surface area contributed by atoms with Gasteiger partial charge in [0.1, 0.15) is 0 Å². The number of hydrogen-bond acceptors (Lipinski definition) is 5. The van der Waals surface area contributed by atoms with Crippen LogP contribution in [-0.2, 0) is 0 Å². The molecule has 0 aromatic heterocycles. The molecule has 0 spiro atoms. The summed E-state index contributed by atoms with van der Waals surface area (Å²) < 4.78 is 40.1. The third-order valence-electron chi connectivity index (χ3n) is 6.95. The Morgan fingerprint density at radius 2 is 1.80 bits per heavy atom. The van der Waals surface area contributed by atoms with E-state index in [0.29, 0.717) is 23.0 Å². The Kier molecular flexibility index (Phi) is 8.02. The van der Waals surface area contributed by atoms with E-state index in [0.717, 1.165) is 37.8 Å². The summed E-state index contributed by atoms with van der Waals surface area (Å²) in [5.41, 5.74) is -0.737. The third kappa shape index (κ3) is 5.80. The van der Waals surface area contributed by atoms with Gasteiger partial charge in [-0.2, -0.15) is 0 Å². The second kappa shape index (κ2) is 10.7. The van der Waals surface area contributed by atoms with Gasteiger partial charge in [0.25, 0.3) is 5.91 Å². The normalized spacial score (nSPS) is 26.5. The van der Waals surface area contributed by atoms with Gasteiger partial charge >= 0.3 is 0 Å². The number of benzene rings is 2. The van der Waals surface area contributed by atoms with Gasteiger partial charge in [-0.3, -0.25) is 4.79 Å². The molecular weight excluding hydrogens is 501 g/mol. The Morgan fingerprint density at radius 3 is 2.40 bits per heavy atom. The highest BCUT2D eigenvalue weighted by atomic mass is 35.5. The molecule has 2 aromatic rings. The minimum Gasteiger partial charge on any atom is -0.392 e. The fourth-order valence-corrected chi connectivity index (χ4v) is 6.86. The Bertz CT molecular complexity index is 1070. The maximum absolute atomic E-state index is 13.5. The van der Waals surface area contributed by atoms with Crippen molar-refractivity contribution in [2.75, 3.05) is 18.4 Å². The van der Waals surface area contributed by atoms with E-state index in [1.165, 1.54) is 6.07 Å². The van der Waals surface area contributed by atoms with Crippen molar-refractivity contribution < 1.29 is 28.2 Å². The van der Waals surface area contributed by atoms with Crippen molar-refractivity contribution in [3.05, 3.63) is 58.4 Å². The number of carbonyl (C=O) groups is 1. The number of fused-ring (bicyclic) bond motifs is 2. The van der Waals surface area contributed by atoms with Crippen LogP contribution in [0.2, 0.25) is 5.02 Å². The lowest BCUT2D eigenvalue weighted by Crippen LogP contribution is -2.53. The van der Waals surface area contributed by atoms with Gasteiger partial charge in [-0.15, -0.1) is 11.8 Å². The summed E-state index contributed by atoms with van der Waals surface area (Å²) in [7, 11) is 0. The fraction of sp³-hybridized carbons (Fsp3) is 0.480. The van der Waals surface area contributed by atoms with E-state index in [2.05, 4.69) is 10.6 Å². The molecule has 10 heteroatoms. The van der Waals surface area contributed by atoms with Crippen LogP contribution in [0.3, 0.4) is 0 Å². The summed E-state index contributed by atoms with van der Waals surface area (Å²) in [4.78, 5) is 13.4. The molecule has 2 aliphatic carbocycles. The summed E-state index contributed by atoms with van der Waals surface area (Å²) in [6, 6.07) is 6.17. The predicted molar refractivity (Wildman–Crippen MR) is 130 cm³/mol. The van der Waals surface area contributed by atoms with Crippen molar-refractivity contribution in [3.63, 3.8) is 0 Å². The van der Waals surface area contributed by atoms with Gasteiger partial charge in [-0.1, -0.05) is 11.6 Å². The van der Waals surface area contributed by atoms with Crippen molar-refractivity contribution >= 4 is 35.0 Å². The smallest absolute Gasteiger partial charge is 0.255 e. The van der Waals surface area contributed by atoms with Gasteiger partial charge in [0.2, 0.25) is 0 Å². The highest BCUT2D eigenvalue weighted by molar-refractivity contribution is 8.00. The molecule has 1 amide bonds. The molecule has 2 aromatic carbocycles. The Labute approximate surface area is 211 Å². The van der Waals surface area contributed by atoms with Crippen LogP contribution >= 0.6 is 23.4 Å². The molecule has 2 saturated carbocycles. The Balaban J connectivity index is 1.42. The van der Waals surface area contributed by atoms with Crippen molar-refractivity contribution in [3.8, 4) is 0 Å². The lowest BCUT2D eigenvalue weighted by Gasteiger charge is -2.43. The number of nitrogens with one attached hydrogen (secondary N) is 2. The monoisotopic (exact) mass is 528 g/mol. The van der Waals surface area contributed by atoms with E-state index in [1.807, 2.05) is 0 Å². The number of rotatable bonds is 8. The van der Waals surface area contributed by atoms with Crippen LogP contribution in [0.5, 0.6) is 0 Å². The number of thioether (sulfide) groups is 1. The molecule has 5 nitrogen and oxygen atoms in total. The zero-order chi connectivity index (χ0) is 25.3. The second-order valence-corrected chi connectivity index (χ2v) is 11.3. The standard InChI is InChI=1S/C25H28ClF3N2O3S/c1-13(32)11-30-12-25(34)15-3-4-16(25)8-18(7-15)35-22-6-14(2-5-19(22)26)24(33)31-17-9-20(27)23(29)21(28)10-17/h2,5-6,9-10,13,15-16,18,30,32,34H,3-4,7-8,11-12H2,1H3,(H,31,33)/t13?,15-,16?,18-,25-/m0/s1. The Morgan fingerprint density at radius 1 is 1.17 bits per heavy atom. The molecule has 2 bridgehead atoms. The van der Waals surface area contributed by atoms with E-state index in [4.69, 9.17) is 11.6 Å². The molecule has 2 aliphatic rings. The number of carbonyl (C=O) groups excluding carboxylic acids is 1. The van der Waals surface area contributed by atoms with Gasteiger partial charge in [0, 0.05) is 46.6 Å². The van der Waals surface area contributed by atoms with Crippen molar-refractivity contribution in [1.82, 2.24) is 5.32 Å². The van der Waals surface area contributed by atoms with Crippen molar-refractivity contribution in [1.29, 1.82) is 0 Å². The van der Waals surface area contributed by atoms with Crippen LogP contribution in [-0.4, -0.2) is 46.2 Å². The topological polar surface area (TPSA) is 81.6 Å². The maximum Gasteiger partial charge on any atom is 0.255 e. The van der Waals surface area contributed by atoms with Gasteiger partial charge in [-0.05, 0) is 62.6 Å². The number of halogens is 4. The Hall–Kier alpha value is -1.78. The maximum atomic E-state index is 13.5. The van der Waals surface area contributed by atoms with Crippen LogP contribution in [0.25, 0.3) is 0 Å². The summed E-state index contributed by atoms with van der Waals surface area (Å²) in [5.74, 6) is -4.71. The molecule has 0 radical (unpaired) electrons. The molecular formula is C25H28ClF3N2O3S. The molecule has 190 valence electrons. The van der Waals surface area contributed by atoms with Crippen LogP contribution in [0.15, 0.2) is 35.2 Å². The minimum absolute atomic E-state index is 0.133. The molecule has 5 atom stereocenters. The van der Waals surface area contributed by atoms with Crippen LogP contribution in [0, 0.1) is 29.3 Å². The van der Waals surface area contributed by atoms with E-state index in [1.54, 1.807) is 30.8 Å². The lowest BCUT2D eigenvalue weighted by atomic mass is 9.74. The van der Waals surface area contributed by atoms with Gasteiger partial charge in [-0.25, -0.2) is 13.2 Å². The van der Waals surface area contributed by atoms with Gasteiger partial charge in [0.05, 0.1) is 16.7 Å². The first kappa shape index (κ1) is 26.3. The fourth-order valence-electron chi connectivity index (χ4n) is 5.22. The molecule has 0 heterocycles. The highest BCUT2D eigenvalue weighted by Gasteiger charge is 2.53. The van der Waals surface area contributed by atoms with Gasteiger partial charge in [0.15, 0.2) is 17.5 Å². The van der Waals surface area contributed by atoms with Crippen molar-refractivity contribution in [2.45, 2.75) is 54.5 Å². The number of hydrogen-bond donors (Lipinski definition) is 4. The molecule has 4 N–H and O–H groups in total. The zero-order valence-corrected chi connectivity index (χ0v) is 20.7. The quantitative estimate of drug-likeness (QED) is 0.363. The first-order chi connectivity index (χ1) is 16.6. The van der Waals surface area contributed by atoms with E-state index in [9.17, 15) is 28.2 Å². The molecule has 2 unspecified atom stereocenters. The second-order valence-electron chi connectivity index (χ2n) is 9.51. The van der Waals surface area contributed by atoms with Crippen LogP contribution in [0.1, 0.15) is 43.0 Å². The molecule has 2 fully saturated rings. The first-order valence-electron chi connectivity index (χ1n) is 11.6. The summed E-state index contributed by atoms with van der Waals surface area (Å²) >= 11 is 7.97. The molecule has 35 heavy (non-hydrogen) atoms. The van der Waals surface area contributed by atoms with E-state index >= 15 is 0 Å². The number of amides is 1. The number of anilines is 1. The summed E-state index contributed by atoms with van der Waals surface area (Å²) in [6.45, 7) is 2.58. The third-order valence-corrected chi connectivity index (χ3v) is 8.70. The zero-order valence-electron chi connectivity index (χ0n) is 19.2. The lowest BCUT2D eigenvalue weighted by molar-refractivity contribution is -0.0567. The first-order valence-corrected chi connectivity index (χ1v) is 12.9. The van der Waals surface area contributed by atoms with Gasteiger partial charge < -0.3 is 20.8 Å². The molecule has 0 saturated heterocycles. The summed E-state index contributed by atoms with van der Waals surface area (Å²) in [6.07, 6.45) is 3.01. The van der Waals surface area contributed by atoms with Crippen LogP contribution in [0.4, 0.5) is 18.9 Å². The average Bonchev–Trinajstić information content (AvgIpc) is 2.95. The van der Waals surface area contributed by atoms with Crippen molar-refractivity contribution in [2.24, 2.45) is 11.8 Å². The summed E-state index contributed by atoms with van der Waals surface area (Å²) in [5, 5.41) is 27.1. The highest BCUT2D eigenvalue weighted by Crippen LogP contribution is 2.53. The predicted octanol–water partition coefficient (Wildman–Crippen LogP) is 4.99. The minimum atomic E-state index is -1.60. The van der Waals surface area contributed by atoms with Crippen LogP contribution < -0.4 is 10.6 Å². The molecule has 4 rings (SSSR count).